The first kappa shape index (κ1) is 25.8. The Hall–Kier alpha value is -2.84. The van der Waals surface area contributed by atoms with E-state index in [0.717, 1.165) is 78.5 Å². The molecule has 37 heavy (non-hydrogen) atoms. The summed E-state index contributed by atoms with van der Waals surface area (Å²) in [6, 6.07) is 14.0. The number of nitrogens with zero attached hydrogens (tertiary/aromatic N) is 5. The number of likely N-dealkylation sites (tertiary alicyclic amines) is 2. The first-order chi connectivity index (χ1) is 18.0. The molecule has 0 spiro atoms. The topological polar surface area (TPSA) is 70.9 Å². The fourth-order valence-electron chi connectivity index (χ4n) is 5.56. The summed E-state index contributed by atoms with van der Waals surface area (Å²) in [5.41, 5.74) is 3.60. The van der Waals surface area contributed by atoms with Crippen LogP contribution in [0.3, 0.4) is 0 Å². The van der Waals surface area contributed by atoms with Crippen molar-refractivity contribution >= 4 is 38.5 Å². The van der Waals surface area contributed by atoms with E-state index < -0.39 is 0 Å². The molecule has 1 aromatic carbocycles. The van der Waals surface area contributed by atoms with E-state index >= 15 is 0 Å². The van der Waals surface area contributed by atoms with Crippen molar-refractivity contribution in [2.75, 3.05) is 32.8 Å². The van der Waals surface area contributed by atoms with Crippen molar-refractivity contribution in [2.24, 2.45) is 11.1 Å². The predicted molar refractivity (Wildman–Crippen MR) is 150 cm³/mol. The number of pyridine rings is 2. The van der Waals surface area contributed by atoms with Crippen LogP contribution in [0.4, 0.5) is 0 Å². The van der Waals surface area contributed by atoms with Crippen LogP contribution in [0.1, 0.15) is 55.6 Å². The zero-order valence-corrected chi connectivity index (χ0v) is 23.2. The van der Waals surface area contributed by atoms with Crippen LogP contribution in [0.5, 0.6) is 0 Å². The van der Waals surface area contributed by atoms with Crippen molar-refractivity contribution in [3.63, 3.8) is 0 Å². The normalized spacial score (nSPS) is 19.2. The number of hydrogen-bond acceptors (Lipinski definition) is 6. The lowest BCUT2D eigenvalue weighted by molar-refractivity contribution is 0.0160. The SMILES string of the molecule is CCON=C(c1ccc(Br)cc1)C1CCN(C2(C)CCN(C(=O)c3ccc4cnccc4n3)CC2)CC1. The molecule has 2 aliphatic heterocycles. The van der Waals surface area contributed by atoms with Gasteiger partial charge in [-0.05, 0) is 88.5 Å². The van der Waals surface area contributed by atoms with E-state index in [4.69, 9.17) is 4.84 Å². The quantitative estimate of drug-likeness (QED) is 0.291. The lowest BCUT2D eigenvalue weighted by atomic mass is 9.82. The Kier molecular flexibility index (Phi) is 7.86. The van der Waals surface area contributed by atoms with Gasteiger partial charge in [-0.25, -0.2) is 4.98 Å². The second kappa shape index (κ2) is 11.3. The second-order valence-electron chi connectivity index (χ2n) is 10.2. The molecule has 0 aliphatic carbocycles. The zero-order valence-electron chi connectivity index (χ0n) is 21.6. The number of fused-ring (bicyclic) bond motifs is 1. The zero-order chi connectivity index (χ0) is 25.8. The third-order valence-corrected chi connectivity index (χ3v) is 8.44. The average Bonchev–Trinajstić information content (AvgIpc) is 2.94. The van der Waals surface area contributed by atoms with Crippen molar-refractivity contribution < 1.29 is 9.63 Å². The Bertz CT molecular complexity index is 1260. The molecule has 1 amide bonds. The number of oxime groups is 1. The molecule has 2 fully saturated rings. The molecular weight excluding hydrogens is 530 g/mol. The molecule has 0 atom stereocenters. The Labute approximate surface area is 227 Å². The van der Waals surface area contributed by atoms with Crippen LogP contribution >= 0.6 is 15.9 Å². The van der Waals surface area contributed by atoms with Crippen molar-refractivity contribution in [1.82, 2.24) is 19.8 Å². The molecule has 0 bridgehead atoms. The average molecular weight is 565 g/mol. The van der Waals surface area contributed by atoms with Gasteiger partial charge in [-0.15, -0.1) is 0 Å². The minimum absolute atomic E-state index is 0.0192. The molecule has 0 saturated carbocycles. The molecule has 5 rings (SSSR count). The monoisotopic (exact) mass is 563 g/mol. The van der Waals surface area contributed by atoms with E-state index in [1.807, 2.05) is 30.0 Å². The number of amides is 1. The van der Waals surface area contributed by atoms with E-state index in [2.05, 4.69) is 67.1 Å². The lowest BCUT2D eigenvalue weighted by Crippen LogP contribution is -2.56. The van der Waals surface area contributed by atoms with Crippen LogP contribution in [0.25, 0.3) is 10.9 Å². The summed E-state index contributed by atoms with van der Waals surface area (Å²) in [6.07, 6.45) is 7.52. The standard InChI is InChI=1S/C29H34BrN5O2/c1-3-37-33-27(21-4-7-24(30)8-5-21)22-11-16-35(17-12-22)29(2)13-18-34(19-14-29)28(36)26-9-6-23-20-31-15-10-25(23)32-26/h4-10,15,20,22H,3,11-14,16-19H2,1-2H3. The van der Waals surface area contributed by atoms with Gasteiger partial charge in [0, 0.05) is 46.8 Å². The number of carbonyl (C=O) groups is 1. The third kappa shape index (κ3) is 5.70. The van der Waals surface area contributed by atoms with E-state index in [-0.39, 0.29) is 11.4 Å². The highest BCUT2D eigenvalue weighted by atomic mass is 79.9. The predicted octanol–water partition coefficient (Wildman–Crippen LogP) is 5.54. The van der Waals surface area contributed by atoms with Gasteiger partial charge in [0.05, 0.1) is 11.2 Å². The van der Waals surface area contributed by atoms with Crippen LogP contribution in [-0.2, 0) is 4.84 Å². The molecule has 2 aliphatic rings. The molecule has 4 heterocycles. The molecule has 194 valence electrons. The molecule has 2 aromatic heterocycles. The van der Waals surface area contributed by atoms with Gasteiger partial charge in [0.25, 0.3) is 5.91 Å². The molecule has 0 radical (unpaired) electrons. The molecule has 0 unspecified atom stereocenters. The summed E-state index contributed by atoms with van der Waals surface area (Å²) in [4.78, 5) is 32.0. The number of halogens is 1. The van der Waals surface area contributed by atoms with Gasteiger partial charge >= 0.3 is 0 Å². The largest absolute Gasteiger partial charge is 0.396 e. The van der Waals surface area contributed by atoms with Crippen molar-refractivity contribution in [2.45, 2.75) is 45.1 Å². The maximum Gasteiger partial charge on any atom is 0.272 e. The van der Waals surface area contributed by atoms with Crippen molar-refractivity contribution in [1.29, 1.82) is 0 Å². The van der Waals surface area contributed by atoms with Crippen LogP contribution in [-0.4, -0.2) is 69.7 Å². The highest BCUT2D eigenvalue weighted by Gasteiger charge is 2.39. The van der Waals surface area contributed by atoms with Gasteiger partial charge in [-0.1, -0.05) is 33.2 Å². The van der Waals surface area contributed by atoms with Crippen LogP contribution in [0, 0.1) is 5.92 Å². The highest BCUT2D eigenvalue weighted by molar-refractivity contribution is 9.10. The van der Waals surface area contributed by atoms with Crippen molar-refractivity contribution in [3.8, 4) is 0 Å². The van der Waals surface area contributed by atoms with Gasteiger partial charge in [-0.2, -0.15) is 0 Å². The van der Waals surface area contributed by atoms with Crippen LogP contribution in [0.2, 0.25) is 0 Å². The molecule has 8 heteroatoms. The van der Waals surface area contributed by atoms with Crippen LogP contribution < -0.4 is 0 Å². The molecular formula is C29H34BrN5O2. The molecule has 3 aromatic rings. The van der Waals surface area contributed by atoms with Crippen molar-refractivity contribution in [3.05, 3.63) is 70.6 Å². The summed E-state index contributed by atoms with van der Waals surface area (Å²) < 4.78 is 1.06. The number of piperidine rings is 2. The number of rotatable bonds is 6. The second-order valence-corrected chi connectivity index (χ2v) is 11.1. The Morgan fingerprint density at radius 3 is 2.51 bits per heavy atom. The minimum Gasteiger partial charge on any atom is -0.396 e. The first-order valence-corrected chi connectivity index (χ1v) is 14.0. The third-order valence-electron chi connectivity index (χ3n) is 7.91. The Balaban J connectivity index is 1.20. The smallest absolute Gasteiger partial charge is 0.272 e. The fraction of sp³-hybridized carbons (Fsp3) is 0.448. The highest BCUT2D eigenvalue weighted by Crippen LogP contribution is 2.34. The number of carbonyl (C=O) groups excluding carboxylic acids is 1. The first-order valence-electron chi connectivity index (χ1n) is 13.2. The maximum absolute atomic E-state index is 13.2. The molecule has 2 saturated heterocycles. The van der Waals surface area contributed by atoms with Gasteiger partial charge in [0.1, 0.15) is 12.3 Å². The van der Waals surface area contributed by atoms with Crippen LogP contribution in [0.15, 0.2) is 64.5 Å². The van der Waals surface area contributed by atoms with Gasteiger partial charge in [-0.3, -0.25) is 14.7 Å². The minimum atomic E-state index is 0.0192. The number of hydrogen-bond donors (Lipinski definition) is 0. The Morgan fingerprint density at radius 2 is 1.81 bits per heavy atom. The Morgan fingerprint density at radius 1 is 1.08 bits per heavy atom. The molecule has 7 nitrogen and oxygen atoms in total. The summed E-state index contributed by atoms with van der Waals surface area (Å²) in [7, 11) is 0. The van der Waals surface area contributed by atoms with Gasteiger partial charge < -0.3 is 9.74 Å². The fourth-order valence-corrected chi connectivity index (χ4v) is 5.83. The summed E-state index contributed by atoms with van der Waals surface area (Å²) in [6.45, 7) is 8.45. The van der Waals surface area contributed by atoms with E-state index in [1.54, 1.807) is 12.4 Å². The maximum atomic E-state index is 13.2. The van der Waals surface area contributed by atoms with E-state index in [9.17, 15) is 4.79 Å². The summed E-state index contributed by atoms with van der Waals surface area (Å²) >= 11 is 3.53. The number of benzene rings is 1. The van der Waals surface area contributed by atoms with Gasteiger partial charge in [0.15, 0.2) is 0 Å². The van der Waals surface area contributed by atoms with Gasteiger partial charge in [0.2, 0.25) is 0 Å². The lowest BCUT2D eigenvalue weighted by Gasteiger charge is -2.49. The summed E-state index contributed by atoms with van der Waals surface area (Å²) in [5, 5.41) is 5.47. The van der Waals surface area contributed by atoms with E-state index in [0.29, 0.717) is 18.2 Å². The summed E-state index contributed by atoms with van der Waals surface area (Å²) in [5.74, 6) is 0.397. The van der Waals surface area contributed by atoms with E-state index in [1.165, 1.54) is 0 Å². The number of aromatic nitrogens is 2. The molecule has 0 N–H and O–H groups in total.